The maximum atomic E-state index is 12.7. The molecule has 1 aliphatic rings. The van der Waals surface area contributed by atoms with Gasteiger partial charge in [0.05, 0.1) is 0 Å². The molecular formula is C20H19F2N3O2. The summed E-state index contributed by atoms with van der Waals surface area (Å²) in [5.41, 5.74) is 2.63. The molecule has 1 aliphatic heterocycles. The van der Waals surface area contributed by atoms with Crippen molar-refractivity contribution in [3.8, 4) is 5.75 Å². The predicted molar refractivity (Wildman–Crippen MR) is 97.0 cm³/mol. The highest BCUT2D eigenvalue weighted by Gasteiger charge is 2.25. The van der Waals surface area contributed by atoms with Crippen LogP contribution in [-0.2, 0) is 0 Å². The smallest absolute Gasteiger partial charge is 0.387 e. The van der Waals surface area contributed by atoms with Crippen LogP contribution in [0.4, 0.5) is 8.78 Å². The van der Waals surface area contributed by atoms with Crippen molar-refractivity contribution >= 4 is 16.9 Å². The van der Waals surface area contributed by atoms with Gasteiger partial charge in [-0.3, -0.25) is 4.79 Å². The molecule has 0 bridgehead atoms. The lowest BCUT2D eigenvalue weighted by atomic mass is 9.88. The van der Waals surface area contributed by atoms with Gasteiger partial charge in [-0.05, 0) is 60.7 Å². The van der Waals surface area contributed by atoms with E-state index in [4.69, 9.17) is 0 Å². The molecule has 1 saturated heterocycles. The van der Waals surface area contributed by atoms with Crippen molar-refractivity contribution in [3.63, 3.8) is 0 Å². The predicted octanol–water partition coefficient (Wildman–Crippen LogP) is 4.18. The van der Waals surface area contributed by atoms with Gasteiger partial charge in [0.15, 0.2) is 0 Å². The van der Waals surface area contributed by atoms with Gasteiger partial charge >= 0.3 is 6.61 Å². The van der Waals surface area contributed by atoms with Crippen LogP contribution in [0.5, 0.6) is 5.75 Å². The number of piperidine rings is 1. The fourth-order valence-corrected chi connectivity index (χ4v) is 3.69. The Hall–Kier alpha value is -2.96. The number of ether oxygens (including phenoxy) is 1. The Labute approximate surface area is 155 Å². The number of aromatic amines is 1. The summed E-state index contributed by atoms with van der Waals surface area (Å²) in [5, 5.41) is 1.14. The second-order valence-corrected chi connectivity index (χ2v) is 6.61. The fraction of sp³-hybridized carbons (Fsp3) is 0.300. The molecule has 4 rings (SSSR count). The molecule has 0 spiro atoms. The summed E-state index contributed by atoms with van der Waals surface area (Å²) in [5.74, 6) is 0.351. The highest BCUT2D eigenvalue weighted by molar-refractivity contribution is 5.94. The van der Waals surface area contributed by atoms with Gasteiger partial charge in [-0.2, -0.15) is 8.78 Å². The van der Waals surface area contributed by atoms with E-state index in [1.807, 2.05) is 23.4 Å². The van der Waals surface area contributed by atoms with Gasteiger partial charge in [0.1, 0.15) is 11.4 Å². The van der Waals surface area contributed by atoms with Gasteiger partial charge in [-0.1, -0.05) is 0 Å². The highest BCUT2D eigenvalue weighted by atomic mass is 19.3. The van der Waals surface area contributed by atoms with Crippen molar-refractivity contribution in [1.29, 1.82) is 0 Å². The molecule has 0 atom stereocenters. The van der Waals surface area contributed by atoms with E-state index in [-0.39, 0.29) is 11.7 Å². The number of pyridine rings is 1. The maximum absolute atomic E-state index is 12.7. The SMILES string of the molecule is O=C(c1ccc(OC(F)F)cc1)N1CCC(c2ccnc3[nH]ccc23)CC1. The van der Waals surface area contributed by atoms with Crippen LogP contribution in [0.25, 0.3) is 11.0 Å². The summed E-state index contributed by atoms with van der Waals surface area (Å²) in [6.07, 6.45) is 5.46. The minimum atomic E-state index is -2.87. The largest absolute Gasteiger partial charge is 0.435 e. The third kappa shape index (κ3) is 3.63. The van der Waals surface area contributed by atoms with E-state index in [1.165, 1.54) is 29.8 Å². The van der Waals surface area contributed by atoms with Crippen LogP contribution in [0.15, 0.2) is 48.8 Å². The number of amides is 1. The normalized spacial score (nSPS) is 15.4. The molecular weight excluding hydrogens is 352 g/mol. The number of fused-ring (bicyclic) bond motifs is 1. The van der Waals surface area contributed by atoms with Crippen LogP contribution >= 0.6 is 0 Å². The highest BCUT2D eigenvalue weighted by Crippen LogP contribution is 2.32. The summed E-state index contributed by atoms with van der Waals surface area (Å²) in [6.45, 7) is -1.55. The Balaban J connectivity index is 1.41. The molecule has 1 aromatic carbocycles. The maximum Gasteiger partial charge on any atom is 0.387 e. The molecule has 3 aromatic rings. The molecule has 0 aliphatic carbocycles. The van der Waals surface area contributed by atoms with Gasteiger partial charge in [0, 0.05) is 36.4 Å². The molecule has 3 heterocycles. The van der Waals surface area contributed by atoms with Gasteiger partial charge in [-0.25, -0.2) is 4.98 Å². The van der Waals surface area contributed by atoms with Gasteiger partial charge in [-0.15, -0.1) is 0 Å². The van der Waals surface area contributed by atoms with E-state index in [2.05, 4.69) is 20.8 Å². The Bertz CT molecular complexity index is 932. The quantitative estimate of drug-likeness (QED) is 0.748. The lowest BCUT2D eigenvalue weighted by molar-refractivity contribution is -0.0498. The molecule has 1 fully saturated rings. The van der Waals surface area contributed by atoms with Gasteiger partial charge in [0.2, 0.25) is 0 Å². The first-order valence-electron chi connectivity index (χ1n) is 8.88. The van der Waals surface area contributed by atoms with Crippen LogP contribution in [0.3, 0.4) is 0 Å². The summed E-state index contributed by atoms with van der Waals surface area (Å²) in [6, 6.07) is 9.94. The van der Waals surface area contributed by atoms with Gasteiger partial charge < -0.3 is 14.6 Å². The fourth-order valence-electron chi connectivity index (χ4n) is 3.69. The molecule has 0 radical (unpaired) electrons. The average Bonchev–Trinajstić information content (AvgIpc) is 3.17. The lowest BCUT2D eigenvalue weighted by Gasteiger charge is -2.32. The Morgan fingerprint density at radius 1 is 1.15 bits per heavy atom. The summed E-state index contributed by atoms with van der Waals surface area (Å²) in [7, 11) is 0. The monoisotopic (exact) mass is 371 g/mol. The summed E-state index contributed by atoms with van der Waals surface area (Å²) in [4.78, 5) is 21.9. The van der Waals surface area contributed by atoms with Crippen molar-refractivity contribution in [1.82, 2.24) is 14.9 Å². The number of hydrogen-bond acceptors (Lipinski definition) is 3. The van der Waals surface area contributed by atoms with E-state index in [0.29, 0.717) is 24.6 Å². The number of nitrogens with one attached hydrogen (secondary N) is 1. The number of carbonyl (C=O) groups is 1. The third-order valence-corrected chi connectivity index (χ3v) is 5.04. The Kier molecular flexibility index (Phi) is 4.75. The average molecular weight is 371 g/mol. The number of alkyl halides is 2. The second-order valence-electron chi connectivity index (χ2n) is 6.61. The summed E-state index contributed by atoms with van der Waals surface area (Å²) < 4.78 is 28.8. The molecule has 27 heavy (non-hydrogen) atoms. The van der Waals surface area contributed by atoms with E-state index in [1.54, 1.807) is 0 Å². The number of hydrogen-bond donors (Lipinski definition) is 1. The number of likely N-dealkylation sites (tertiary alicyclic amines) is 1. The van der Waals surface area contributed by atoms with Crippen LogP contribution in [0, 0.1) is 0 Å². The minimum absolute atomic E-state index is 0.0495. The Morgan fingerprint density at radius 3 is 2.59 bits per heavy atom. The zero-order valence-corrected chi connectivity index (χ0v) is 14.6. The lowest BCUT2D eigenvalue weighted by Crippen LogP contribution is -2.37. The van der Waals surface area contributed by atoms with E-state index < -0.39 is 6.61 Å². The van der Waals surface area contributed by atoms with E-state index in [0.717, 1.165) is 23.9 Å². The van der Waals surface area contributed by atoms with Crippen LogP contribution in [0.2, 0.25) is 0 Å². The number of benzene rings is 1. The zero-order chi connectivity index (χ0) is 18.8. The van der Waals surface area contributed by atoms with Crippen LogP contribution in [0.1, 0.15) is 34.7 Å². The minimum Gasteiger partial charge on any atom is -0.435 e. The molecule has 5 nitrogen and oxygen atoms in total. The molecule has 0 unspecified atom stereocenters. The number of H-pyrrole nitrogens is 1. The number of rotatable bonds is 4. The standard InChI is InChI=1S/C20H19F2N3O2/c21-20(22)27-15-3-1-14(2-4-15)19(26)25-11-7-13(8-12-25)16-5-9-23-18-17(16)6-10-24-18/h1-6,9-10,13,20H,7-8,11-12H2,(H,23,24). The molecule has 1 N–H and O–H groups in total. The summed E-state index contributed by atoms with van der Waals surface area (Å²) >= 11 is 0. The van der Waals surface area contributed by atoms with Crippen molar-refractivity contribution in [3.05, 3.63) is 59.9 Å². The molecule has 140 valence electrons. The van der Waals surface area contributed by atoms with Gasteiger partial charge in [0.25, 0.3) is 5.91 Å². The topological polar surface area (TPSA) is 58.2 Å². The van der Waals surface area contributed by atoms with Crippen molar-refractivity contribution in [2.45, 2.75) is 25.4 Å². The van der Waals surface area contributed by atoms with Crippen molar-refractivity contribution < 1.29 is 18.3 Å². The molecule has 0 saturated carbocycles. The molecule has 7 heteroatoms. The van der Waals surface area contributed by atoms with Crippen LogP contribution in [-0.4, -0.2) is 40.5 Å². The number of carbonyl (C=O) groups excluding carboxylic acids is 1. The first-order chi connectivity index (χ1) is 13.1. The van der Waals surface area contributed by atoms with Crippen molar-refractivity contribution in [2.75, 3.05) is 13.1 Å². The van der Waals surface area contributed by atoms with E-state index >= 15 is 0 Å². The number of halogens is 2. The number of nitrogens with zero attached hydrogens (tertiary/aromatic N) is 2. The Morgan fingerprint density at radius 2 is 1.89 bits per heavy atom. The first-order valence-corrected chi connectivity index (χ1v) is 8.88. The van der Waals surface area contributed by atoms with Crippen LogP contribution < -0.4 is 4.74 Å². The second kappa shape index (κ2) is 7.34. The zero-order valence-electron chi connectivity index (χ0n) is 14.6. The third-order valence-electron chi connectivity index (χ3n) is 5.04. The van der Waals surface area contributed by atoms with Crippen molar-refractivity contribution in [2.24, 2.45) is 0 Å². The number of aromatic nitrogens is 2. The van der Waals surface area contributed by atoms with E-state index in [9.17, 15) is 13.6 Å². The first kappa shape index (κ1) is 17.5. The molecule has 1 amide bonds. The molecule has 2 aromatic heterocycles.